The number of carbonyl (C=O) groups is 1. The Hall–Kier alpha value is -3.54. The van der Waals surface area contributed by atoms with E-state index in [2.05, 4.69) is 15.1 Å². The highest BCUT2D eigenvalue weighted by atomic mass is 16.2. The predicted molar refractivity (Wildman–Crippen MR) is 109 cm³/mol. The van der Waals surface area contributed by atoms with Crippen LogP contribution < -0.4 is 10.7 Å². The first-order valence-electron chi connectivity index (χ1n) is 8.68. The largest absolute Gasteiger partial charge is 0.399 e. The van der Waals surface area contributed by atoms with E-state index in [1.165, 1.54) is 5.01 Å². The van der Waals surface area contributed by atoms with Gasteiger partial charge in [0, 0.05) is 23.7 Å². The molecule has 0 fully saturated rings. The number of hydrogen-bond donors (Lipinski definition) is 1. The Morgan fingerprint density at radius 2 is 1.59 bits per heavy atom. The maximum absolute atomic E-state index is 13.4. The van der Waals surface area contributed by atoms with E-state index in [0.29, 0.717) is 11.4 Å². The molecule has 6 nitrogen and oxygen atoms in total. The molecule has 0 aliphatic carbocycles. The maximum Gasteiger partial charge on any atom is 0.261 e. The zero-order chi connectivity index (χ0) is 18.9. The third kappa shape index (κ3) is 2.85. The second-order valence-corrected chi connectivity index (χ2v) is 6.45. The highest BCUT2D eigenvalue weighted by Crippen LogP contribution is 2.41. The molecule has 27 heavy (non-hydrogen) atoms. The van der Waals surface area contributed by atoms with E-state index < -0.39 is 11.6 Å². The molecule has 2 N–H and O–H groups in total. The van der Waals surface area contributed by atoms with Crippen molar-refractivity contribution in [2.75, 3.05) is 10.7 Å². The molecule has 2 aromatic rings. The van der Waals surface area contributed by atoms with Gasteiger partial charge in [-0.2, -0.15) is 5.10 Å². The summed E-state index contributed by atoms with van der Waals surface area (Å²) in [7, 11) is 0. The third-order valence-corrected chi connectivity index (χ3v) is 4.70. The summed E-state index contributed by atoms with van der Waals surface area (Å²) in [5, 5.41) is 5.96. The Balaban J connectivity index is 1.83. The van der Waals surface area contributed by atoms with E-state index in [9.17, 15) is 4.79 Å². The lowest BCUT2D eigenvalue weighted by molar-refractivity contribution is -0.121. The van der Waals surface area contributed by atoms with Crippen molar-refractivity contribution in [3.05, 3.63) is 72.3 Å². The van der Waals surface area contributed by atoms with Gasteiger partial charge in [-0.25, -0.2) is 5.01 Å². The SMILES string of the molecule is CC1=NN(c2ccccc2)C(=O)C1C1(c2ccc(N)cc2)N=CC=CC=N1. The number of hydrazone groups is 1. The first-order valence-corrected chi connectivity index (χ1v) is 8.68. The molecular formula is C21H19N5O. The highest BCUT2D eigenvalue weighted by Gasteiger charge is 2.51. The van der Waals surface area contributed by atoms with E-state index >= 15 is 0 Å². The van der Waals surface area contributed by atoms with Gasteiger partial charge in [-0.05, 0) is 43.3 Å². The average Bonchev–Trinajstić information content (AvgIpc) is 2.86. The van der Waals surface area contributed by atoms with E-state index in [4.69, 9.17) is 5.73 Å². The second kappa shape index (κ2) is 6.64. The van der Waals surface area contributed by atoms with Crippen LogP contribution in [0.1, 0.15) is 12.5 Å². The highest BCUT2D eigenvalue weighted by molar-refractivity contribution is 6.16. The summed E-state index contributed by atoms with van der Waals surface area (Å²) >= 11 is 0. The summed E-state index contributed by atoms with van der Waals surface area (Å²) in [5.74, 6) is -0.805. The van der Waals surface area contributed by atoms with Gasteiger partial charge in [-0.1, -0.05) is 30.3 Å². The number of nitrogens with zero attached hydrogens (tertiary/aromatic N) is 4. The zero-order valence-electron chi connectivity index (χ0n) is 14.9. The van der Waals surface area contributed by atoms with Crippen LogP contribution in [0.5, 0.6) is 0 Å². The number of allylic oxidation sites excluding steroid dienone is 2. The van der Waals surface area contributed by atoms with Crippen molar-refractivity contribution in [2.45, 2.75) is 12.6 Å². The lowest BCUT2D eigenvalue weighted by atomic mass is 9.83. The van der Waals surface area contributed by atoms with Gasteiger partial charge in [0.05, 0.1) is 11.4 Å². The van der Waals surface area contributed by atoms with Gasteiger partial charge in [0.2, 0.25) is 0 Å². The molecule has 6 heteroatoms. The van der Waals surface area contributed by atoms with Crippen molar-refractivity contribution in [3.8, 4) is 0 Å². The molecule has 2 aliphatic rings. The number of carbonyl (C=O) groups excluding carboxylic acids is 1. The van der Waals surface area contributed by atoms with Gasteiger partial charge in [-0.3, -0.25) is 14.8 Å². The van der Waals surface area contributed by atoms with Crippen LogP contribution in [0.25, 0.3) is 0 Å². The van der Waals surface area contributed by atoms with Crippen LogP contribution in [-0.4, -0.2) is 24.0 Å². The number of benzene rings is 2. The Kier molecular flexibility index (Phi) is 4.16. The quantitative estimate of drug-likeness (QED) is 0.856. The molecule has 1 amide bonds. The number of nitrogen functional groups attached to an aromatic ring is 1. The fourth-order valence-electron chi connectivity index (χ4n) is 3.42. The minimum absolute atomic E-state index is 0.160. The predicted octanol–water partition coefficient (Wildman–Crippen LogP) is 3.17. The van der Waals surface area contributed by atoms with E-state index in [1.807, 2.05) is 49.4 Å². The van der Waals surface area contributed by atoms with Crippen LogP contribution in [0.3, 0.4) is 0 Å². The molecule has 1 atom stereocenters. The molecule has 4 rings (SSSR count). The fraction of sp³-hybridized carbons (Fsp3) is 0.143. The smallest absolute Gasteiger partial charge is 0.261 e. The molecule has 2 aromatic carbocycles. The number of anilines is 2. The monoisotopic (exact) mass is 357 g/mol. The van der Waals surface area contributed by atoms with Crippen LogP contribution in [0.15, 0.2) is 81.8 Å². The molecular weight excluding hydrogens is 338 g/mol. The van der Waals surface area contributed by atoms with Gasteiger partial charge in [0.15, 0.2) is 5.66 Å². The number of rotatable bonds is 3. The van der Waals surface area contributed by atoms with E-state index in [-0.39, 0.29) is 5.91 Å². The van der Waals surface area contributed by atoms with Crippen molar-refractivity contribution in [1.82, 2.24) is 0 Å². The maximum atomic E-state index is 13.4. The topological polar surface area (TPSA) is 83.4 Å². The summed E-state index contributed by atoms with van der Waals surface area (Å²) in [6.07, 6.45) is 6.94. The number of hydrogen-bond acceptors (Lipinski definition) is 5. The van der Waals surface area contributed by atoms with Crippen LogP contribution >= 0.6 is 0 Å². The van der Waals surface area contributed by atoms with Crippen LogP contribution in [-0.2, 0) is 10.5 Å². The van der Waals surface area contributed by atoms with Gasteiger partial charge >= 0.3 is 0 Å². The first-order chi connectivity index (χ1) is 13.1. The van der Waals surface area contributed by atoms with Crippen LogP contribution in [0.2, 0.25) is 0 Å². The van der Waals surface area contributed by atoms with E-state index in [1.54, 1.807) is 36.7 Å². The summed E-state index contributed by atoms with van der Waals surface area (Å²) in [6, 6.07) is 16.7. The standard InChI is InChI=1S/C21H19N5O/c1-15-19(20(27)26(25-15)18-7-3-2-4-8-18)21(23-13-5-6-14-24-21)16-9-11-17(22)12-10-16/h2-14,19H,22H2,1H3. The van der Waals surface area contributed by atoms with Gasteiger partial charge in [0.25, 0.3) is 5.91 Å². The normalized spacial score (nSPS) is 20.6. The molecule has 0 bridgehead atoms. The summed E-state index contributed by atoms with van der Waals surface area (Å²) in [4.78, 5) is 22.8. The summed E-state index contributed by atoms with van der Waals surface area (Å²) in [6.45, 7) is 1.84. The van der Waals surface area contributed by atoms with Crippen molar-refractivity contribution in [1.29, 1.82) is 0 Å². The molecule has 2 heterocycles. The fourth-order valence-corrected chi connectivity index (χ4v) is 3.42. The number of nitrogens with two attached hydrogens (primary N) is 1. The lowest BCUT2D eigenvalue weighted by Crippen LogP contribution is -2.42. The molecule has 2 aliphatic heterocycles. The molecule has 0 aromatic heterocycles. The van der Waals surface area contributed by atoms with E-state index in [0.717, 1.165) is 11.3 Å². The molecule has 1 unspecified atom stereocenters. The molecule has 0 saturated heterocycles. The van der Waals surface area contributed by atoms with Crippen molar-refractivity contribution in [2.24, 2.45) is 21.0 Å². The molecule has 0 spiro atoms. The number of para-hydroxylation sites is 1. The lowest BCUT2D eigenvalue weighted by Gasteiger charge is -2.31. The minimum Gasteiger partial charge on any atom is -0.399 e. The minimum atomic E-state index is -1.12. The van der Waals surface area contributed by atoms with Gasteiger partial charge in [0.1, 0.15) is 5.92 Å². The zero-order valence-corrected chi connectivity index (χ0v) is 14.9. The third-order valence-electron chi connectivity index (χ3n) is 4.70. The molecule has 134 valence electrons. The molecule has 0 radical (unpaired) electrons. The second-order valence-electron chi connectivity index (χ2n) is 6.45. The Morgan fingerprint density at radius 1 is 0.963 bits per heavy atom. The Morgan fingerprint density at radius 3 is 2.22 bits per heavy atom. The van der Waals surface area contributed by atoms with Crippen molar-refractivity contribution < 1.29 is 4.79 Å². The van der Waals surface area contributed by atoms with Crippen molar-refractivity contribution >= 4 is 35.4 Å². The summed E-state index contributed by atoms with van der Waals surface area (Å²) in [5.41, 5.74) is 7.54. The number of amides is 1. The van der Waals surface area contributed by atoms with Crippen molar-refractivity contribution in [3.63, 3.8) is 0 Å². The van der Waals surface area contributed by atoms with Crippen LogP contribution in [0.4, 0.5) is 11.4 Å². The molecule has 0 saturated carbocycles. The Labute approximate surface area is 157 Å². The van der Waals surface area contributed by atoms with Gasteiger partial charge < -0.3 is 5.73 Å². The number of aliphatic imine (C=N–C) groups is 2. The first kappa shape index (κ1) is 16.9. The van der Waals surface area contributed by atoms with Gasteiger partial charge in [-0.15, -0.1) is 0 Å². The average molecular weight is 357 g/mol. The Bertz CT molecular complexity index is 957. The summed E-state index contributed by atoms with van der Waals surface area (Å²) < 4.78 is 0. The van der Waals surface area contributed by atoms with Crippen LogP contribution in [0, 0.1) is 5.92 Å².